The molecule has 0 aliphatic heterocycles. The van der Waals surface area contributed by atoms with Crippen molar-refractivity contribution in [3.05, 3.63) is 109 Å². The Morgan fingerprint density at radius 1 is 1.03 bits per heavy atom. The minimum Gasteiger partial charge on any atom is -0.489 e. The molecule has 0 spiro atoms. The van der Waals surface area contributed by atoms with E-state index in [9.17, 15) is 4.79 Å². The second kappa shape index (κ2) is 10.7. The molecule has 0 aliphatic carbocycles. The van der Waals surface area contributed by atoms with Gasteiger partial charge in [0.25, 0.3) is 5.91 Å². The van der Waals surface area contributed by atoms with E-state index < -0.39 is 0 Å². The standard InChI is InChI=1S/C24H17Br2Cl2N3O2/c25-18-5-8-20(9-6-18)33-14-15-2-1-3-16(10-15)24(32)29-23-21(26)13-31(30-23)12-17-4-7-19(27)11-22(17)28/h1-11,13H,12,14H2,(H,29,30,32). The van der Waals surface area contributed by atoms with Gasteiger partial charge in [0.1, 0.15) is 12.4 Å². The van der Waals surface area contributed by atoms with Crippen LogP contribution in [0.5, 0.6) is 5.75 Å². The summed E-state index contributed by atoms with van der Waals surface area (Å²) in [5.74, 6) is 0.904. The van der Waals surface area contributed by atoms with Crippen LogP contribution in [0, 0.1) is 0 Å². The van der Waals surface area contributed by atoms with Crippen molar-refractivity contribution in [2.24, 2.45) is 0 Å². The third-order valence-corrected chi connectivity index (χ3v) is 6.40. The van der Waals surface area contributed by atoms with Crippen LogP contribution in [0.2, 0.25) is 10.0 Å². The van der Waals surface area contributed by atoms with E-state index in [1.807, 2.05) is 42.5 Å². The molecule has 33 heavy (non-hydrogen) atoms. The summed E-state index contributed by atoms with van der Waals surface area (Å²) < 4.78 is 9.14. The van der Waals surface area contributed by atoms with Gasteiger partial charge in [-0.25, -0.2) is 0 Å². The topological polar surface area (TPSA) is 56.2 Å². The van der Waals surface area contributed by atoms with E-state index in [1.54, 1.807) is 35.1 Å². The number of carbonyl (C=O) groups excluding carboxylic acids is 1. The molecule has 1 heterocycles. The van der Waals surface area contributed by atoms with Crippen molar-refractivity contribution in [3.63, 3.8) is 0 Å². The highest BCUT2D eigenvalue weighted by molar-refractivity contribution is 9.10. The molecule has 0 aliphatic rings. The largest absolute Gasteiger partial charge is 0.489 e. The molecule has 0 atom stereocenters. The summed E-state index contributed by atoms with van der Waals surface area (Å²) in [5.41, 5.74) is 2.26. The van der Waals surface area contributed by atoms with Gasteiger partial charge < -0.3 is 10.1 Å². The van der Waals surface area contributed by atoms with E-state index in [0.717, 1.165) is 21.3 Å². The number of nitrogens with one attached hydrogen (secondary N) is 1. The van der Waals surface area contributed by atoms with Crippen molar-refractivity contribution in [1.82, 2.24) is 9.78 Å². The van der Waals surface area contributed by atoms with Crippen LogP contribution < -0.4 is 10.1 Å². The molecule has 1 aromatic heterocycles. The van der Waals surface area contributed by atoms with Crippen molar-refractivity contribution in [1.29, 1.82) is 0 Å². The van der Waals surface area contributed by atoms with Gasteiger partial charge in [0, 0.05) is 26.3 Å². The van der Waals surface area contributed by atoms with Gasteiger partial charge in [-0.2, -0.15) is 5.10 Å². The number of halogens is 4. The fourth-order valence-electron chi connectivity index (χ4n) is 3.07. The van der Waals surface area contributed by atoms with Gasteiger partial charge in [-0.1, -0.05) is 57.3 Å². The molecule has 3 aromatic carbocycles. The van der Waals surface area contributed by atoms with Crippen molar-refractivity contribution in [3.8, 4) is 5.75 Å². The number of anilines is 1. The highest BCUT2D eigenvalue weighted by Crippen LogP contribution is 2.25. The van der Waals surface area contributed by atoms with Crippen LogP contribution in [-0.2, 0) is 13.2 Å². The van der Waals surface area contributed by atoms with Crippen LogP contribution in [-0.4, -0.2) is 15.7 Å². The van der Waals surface area contributed by atoms with Crippen molar-refractivity contribution >= 4 is 66.8 Å². The number of benzene rings is 3. The van der Waals surface area contributed by atoms with E-state index in [-0.39, 0.29) is 5.91 Å². The second-order valence-corrected chi connectivity index (χ2v) is 9.77. The average molecular weight is 610 g/mol. The van der Waals surface area contributed by atoms with Crippen LogP contribution in [0.1, 0.15) is 21.5 Å². The Bertz CT molecular complexity index is 1290. The molecule has 0 saturated heterocycles. The highest BCUT2D eigenvalue weighted by atomic mass is 79.9. The zero-order chi connectivity index (χ0) is 23.4. The number of nitrogens with zero attached hydrogens (tertiary/aromatic N) is 2. The Hall–Kier alpha value is -2.32. The van der Waals surface area contributed by atoms with Gasteiger partial charge in [0.05, 0.1) is 11.0 Å². The van der Waals surface area contributed by atoms with Crippen LogP contribution >= 0.6 is 55.1 Å². The molecule has 0 saturated carbocycles. The number of carbonyl (C=O) groups is 1. The number of hydrogen-bond acceptors (Lipinski definition) is 3. The molecule has 1 amide bonds. The first-order valence-electron chi connectivity index (χ1n) is 9.83. The summed E-state index contributed by atoms with van der Waals surface area (Å²) in [5, 5.41) is 8.43. The lowest BCUT2D eigenvalue weighted by Crippen LogP contribution is -2.13. The van der Waals surface area contributed by atoms with Crippen LogP contribution in [0.25, 0.3) is 0 Å². The molecule has 9 heteroatoms. The maximum Gasteiger partial charge on any atom is 0.256 e. The minimum atomic E-state index is -0.268. The zero-order valence-electron chi connectivity index (χ0n) is 17.1. The average Bonchev–Trinajstić information content (AvgIpc) is 3.14. The molecular formula is C24H17Br2Cl2N3O2. The first kappa shape index (κ1) is 23.8. The lowest BCUT2D eigenvalue weighted by molar-refractivity contribution is 0.102. The molecule has 1 N–H and O–H groups in total. The summed E-state index contributed by atoms with van der Waals surface area (Å²) in [6.07, 6.45) is 1.78. The predicted octanol–water partition coefficient (Wildman–Crippen LogP) is 7.59. The maximum absolute atomic E-state index is 12.8. The molecular weight excluding hydrogens is 593 g/mol. The molecule has 5 nitrogen and oxygen atoms in total. The smallest absolute Gasteiger partial charge is 0.256 e. The molecule has 168 valence electrons. The number of aromatic nitrogens is 2. The van der Waals surface area contributed by atoms with Crippen LogP contribution in [0.4, 0.5) is 5.82 Å². The lowest BCUT2D eigenvalue weighted by atomic mass is 10.1. The Balaban J connectivity index is 1.41. The SMILES string of the molecule is O=C(Nc1nn(Cc2ccc(Cl)cc2Cl)cc1Br)c1cccc(COc2ccc(Br)cc2)c1. The first-order chi connectivity index (χ1) is 15.9. The molecule has 0 bridgehead atoms. The molecule has 4 aromatic rings. The maximum atomic E-state index is 12.8. The number of ether oxygens (including phenoxy) is 1. The fourth-order valence-corrected chi connectivity index (χ4v) is 4.21. The Labute approximate surface area is 217 Å². The van der Waals surface area contributed by atoms with Gasteiger partial charge in [0.15, 0.2) is 5.82 Å². The number of rotatable bonds is 7. The highest BCUT2D eigenvalue weighted by Gasteiger charge is 2.14. The third-order valence-electron chi connectivity index (χ3n) is 4.70. The summed E-state index contributed by atoms with van der Waals surface area (Å²) in [4.78, 5) is 12.8. The van der Waals surface area contributed by atoms with Gasteiger partial charge in [0.2, 0.25) is 0 Å². The quantitative estimate of drug-likeness (QED) is 0.235. The van der Waals surface area contributed by atoms with E-state index >= 15 is 0 Å². The Morgan fingerprint density at radius 3 is 2.58 bits per heavy atom. The fraction of sp³-hybridized carbons (Fsp3) is 0.0833. The van der Waals surface area contributed by atoms with E-state index in [1.165, 1.54) is 0 Å². The second-order valence-electron chi connectivity index (χ2n) is 7.16. The van der Waals surface area contributed by atoms with Crippen molar-refractivity contribution < 1.29 is 9.53 Å². The van der Waals surface area contributed by atoms with E-state index in [4.69, 9.17) is 27.9 Å². The summed E-state index contributed by atoms with van der Waals surface area (Å²) in [7, 11) is 0. The molecule has 4 rings (SSSR count). The molecule has 0 unspecified atom stereocenters. The Morgan fingerprint density at radius 2 is 1.82 bits per heavy atom. The van der Waals surface area contributed by atoms with E-state index in [0.29, 0.717) is 39.1 Å². The zero-order valence-corrected chi connectivity index (χ0v) is 21.7. The Kier molecular flexibility index (Phi) is 7.75. The normalized spacial score (nSPS) is 10.8. The summed E-state index contributed by atoms with van der Waals surface area (Å²) >= 11 is 19.1. The number of amides is 1. The van der Waals surface area contributed by atoms with Gasteiger partial charge >= 0.3 is 0 Å². The predicted molar refractivity (Wildman–Crippen MR) is 138 cm³/mol. The van der Waals surface area contributed by atoms with Crippen molar-refractivity contribution in [2.45, 2.75) is 13.2 Å². The third kappa shape index (κ3) is 6.38. The van der Waals surface area contributed by atoms with Gasteiger partial charge in [-0.15, -0.1) is 0 Å². The van der Waals surface area contributed by atoms with Crippen LogP contribution in [0.15, 0.2) is 81.9 Å². The molecule has 0 fully saturated rings. The van der Waals surface area contributed by atoms with Crippen molar-refractivity contribution in [2.75, 3.05) is 5.32 Å². The first-order valence-corrected chi connectivity index (χ1v) is 12.2. The van der Waals surface area contributed by atoms with Crippen LogP contribution in [0.3, 0.4) is 0 Å². The monoisotopic (exact) mass is 607 g/mol. The minimum absolute atomic E-state index is 0.268. The summed E-state index contributed by atoms with van der Waals surface area (Å²) in [6, 6.07) is 20.2. The van der Waals surface area contributed by atoms with Gasteiger partial charge in [-0.05, 0) is 75.6 Å². The molecule has 0 radical (unpaired) electrons. The lowest BCUT2D eigenvalue weighted by Gasteiger charge is -2.08. The number of hydrogen-bond donors (Lipinski definition) is 1. The summed E-state index contributed by atoms with van der Waals surface area (Å²) in [6.45, 7) is 0.788. The van der Waals surface area contributed by atoms with Gasteiger partial charge in [-0.3, -0.25) is 9.48 Å². The van der Waals surface area contributed by atoms with E-state index in [2.05, 4.69) is 42.3 Å².